The zero-order chi connectivity index (χ0) is 13.1. The number of nitrogens with zero attached hydrogens (tertiary/aromatic N) is 2. The molecule has 0 aliphatic rings. The highest BCUT2D eigenvalue weighted by atomic mass is 16.1. The van der Waals surface area contributed by atoms with E-state index in [1.165, 1.54) is 6.20 Å². The van der Waals surface area contributed by atoms with Crippen LogP contribution in [0.15, 0.2) is 30.5 Å². The first-order valence-corrected chi connectivity index (χ1v) is 5.47. The fourth-order valence-corrected chi connectivity index (χ4v) is 1.61. The number of aryl methyl sites for hydroxylation is 1. The molecular formula is C13H13N3O2. The van der Waals surface area contributed by atoms with Gasteiger partial charge in [0.1, 0.15) is 6.29 Å². The second kappa shape index (κ2) is 4.83. The van der Waals surface area contributed by atoms with Gasteiger partial charge in [0.05, 0.1) is 11.8 Å². The maximum atomic E-state index is 12.0. The minimum atomic E-state index is -0.233. The summed E-state index contributed by atoms with van der Waals surface area (Å²) in [5.74, 6) is -0.233. The smallest absolute Gasteiger partial charge is 0.259 e. The number of rotatable bonds is 3. The van der Waals surface area contributed by atoms with Gasteiger partial charge in [-0.05, 0) is 19.1 Å². The minimum absolute atomic E-state index is 0.233. The zero-order valence-corrected chi connectivity index (χ0v) is 10.2. The Morgan fingerprint density at radius 2 is 2.22 bits per heavy atom. The number of hydrogen-bond acceptors (Lipinski definition) is 3. The van der Waals surface area contributed by atoms with E-state index in [4.69, 9.17) is 0 Å². The van der Waals surface area contributed by atoms with Crippen molar-refractivity contribution in [3.05, 3.63) is 47.3 Å². The van der Waals surface area contributed by atoms with Gasteiger partial charge in [-0.3, -0.25) is 14.3 Å². The van der Waals surface area contributed by atoms with Crippen LogP contribution < -0.4 is 5.32 Å². The number of hydrogen-bond donors (Lipinski definition) is 1. The highest BCUT2D eigenvalue weighted by Gasteiger charge is 2.12. The number of carbonyl (C=O) groups excluding carboxylic acids is 2. The van der Waals surface area contributed by atoms with Crippen molar-refractivity contribution in [1.82, 2.24) is 9.78 Å². The lowest BCUT2D eigenvalue weighted by atomic mass is 10.2. The van der Waals surface area contributed by atoms with E-state index < -0.39 is 0 Å². The SMILES string of the molecule is Cc1c(C(=O)Nc2cccc(C=O)c2)cnn1C. The third-order valence-electron chi connectivity index (χ3n) is 2.76. The molecule has 92 valence electrons. The van der Waals surface area contributed by atoms with Crippen molar-refractivity contribution in [2.45, 2.75) is 6.92 Å². The lowest BCUT2D eigenvalue weighted by Gasteiger charge is -2.05. The van der Waals surface area contributed by atoms with Crippen molar-refractivity contribution in [3.63, 3.8) is 0 Å². The third-order valence-corrected chi connectivity index (χ3v) is 2.76. The Morgan fingerprint density at radius 1 is 1.44 bits per heavy atom. The molecule has 1 heterocycles. The van der Waals surface area contributed by atoms with Gasteiger partial charge >= 0.3 is 0 Å². The Balaban J connectivity index is 2.21. The van der Waals surface area contributed by atoms with E-state index in [0.29, 0.717) is 16.8 Å². The summed E-state index contributed by atoms with van der Waals surface area (Å²) >= 11 is 0. The standard InChI is InChI=1S/C13H13N3O2/c1-9-12(7-14-16(9)2)13(18)15-11-5-3-4-10(6-11)8-17/h3-8H,1-2H3,(H,15,18). The molecule has 2 aromatic rings. The van der Waals surface area contributed by atoms with Crippen LogP contribution in [0.3, 0.4) is 0 Å². The van der Waals surface area contributed by atoms with Crippen molar-refractivity contribution >= 4 is 17.9 Å². The molecule has 1 aromatic heterocycles. The first kappa shape index (κ1) is 12.0. The number of anilines is 1. The van der Waals surface area contributed by atoms with Gasteiger partial charge in [0.2, 0.25) is 0 Å². The Kier molecular flexibility index (Phi) is 3.23. The van der Waals surface area contributed by atoms with E-state index in [-0.39, 0.29) is 5.91 Å². The molecule has 2 rings (SSSR count). The van der Waals surface area contributed by atoms with Gasteiger partial charge in [-0.1, -0.05) is 12.1 Å². The van der Waals surface area contributed by atoms with Crippen LogP contribution in [0.2, 0.25) is 0 Å². The van der Waals surface area contributed by atoms with Crippen molar-refractivity contribution in [2.75, 3.05) is 5.32 Å². The number of aromatic nitrogens is 2. The summed E-state index contributed by atoms with van der Waals surface area (Å²) < 4.78 is 1.64. The van der Waals surface area contributed by atoms with Crippen LogP contribution in [-0.2, 0) is 7.05 Å². The molecule has 1 N–H and O–H groups in total. The van der Waals surface area contributed by atoms with Crippen LogP contribution in [0.5, 0.6) is 0 Å². The van der Waals surface area contributed by atoms with Crippen molar-refractivity contribution < 1.29 is 9.59 Å². The lowest BCUT2D eigenvalue weighted by molar-refractivity contribution is 0.102. The molecule has 0 atom stereocenters. The van der Waals surface area contributed by atoms with Crippen LogP contribution in [0.25, 0.3) is 0 Å². The van der Waals surface area contributed by atoms with E-state index in [9.17, 15) is 9.59 Å². The predicted octanol–water partition coefficient (Wildman–Crippen LogP) is 1.79. The fraction of sp³-hybridized carbons (Fsp3) is 0.154. The molecule has 0 aliphatic heterocycles. The summed E-state index contributed by atoms with van der Waals surface area (Å²) in [5.41, 5.74) is 2.43. The van der Waals surface area contributed by atoms with Gasteiger partial charge in [-0.25, -0.2) is 0 Å². The van der Waals surface area contributed by atoms with Gasteiger partial charge in [0, 0.05) is 24.0 Å². The maximum absolute atomic E-state index is 12.0. The molecule has 18 heavy (non-hydrogen) atoms. The van der Waals surface area contributed by atoms with Crippen LogP contribution in [0, 0.1) is 6.92 Å². The topological polar surface area (TPSA) is 64.0 Å². The second-order valence-corrected chi connectivity index (χ2v) is 3.96. The normalized spacial score (nSPS) is 10.1. The molecule has 1 amide bonds. The monoisotopic (exact) mass is 243 g/mol. The molecule has 0 saturated heterocycles. The van der Waals surface area contributed by atoms with Gasteiger partial charge in [0.15, 0.2) is 0 Å². The Bertz CT molecular complexity index is 602. The van der Waals surface area contributed by atoms with Crippen LogP contribution in [-0.4, -0.2) is 22.0 Å². The summed E-state index contributed by atoms with van der Waals surface area (Å²) in [7, 11) is 1.78. The third kappa shape index (κ3) is 2.29. The lowest BCUT2D eigenvalue weighted by Crippen LogP contribution is -2.13. The van der Waals surface area contributed by atoms with Crippen molar-refractivity contribution in [1.29, 1.82) is 0 Å². The first-order valence-electron chi connectivity index (χ1n) is 5.47. The summed E-state index contributed by atoms with van der Waals surface area (Å²) in [4.78, 5) is 22.6. The number of nitrogens with one attached hydrogen (secondary N) is 1. The molecule has 0 fully saturated rings. The Labute approximate surface area is 104 Å². The summed E-state index contributed by atoms with van der Waals surface area (Å²) in [6.45, 7) is 1.82. The highest BCUT2D eigenvalue weighted by molar-refractivity contribution is 6.05. The van der Waals surface area contributed by atoms with Gasteiger partial charge < -0.3 is 5.32 Å². The molecule has 1 aromatic carbocycles. The van der Waals surface area contributed by atoms with E-state index in [0.717, 1.165) is 12.0 Å². The quantitative estimate of drug-likeness (QED) is 0.836. The van der Waals surface area contributed by atoms with Gasteiger partial charge in [-0.15, -0.1) is 0 Å². The number of carbonyl (C=O) groups is 2. The average Bonchev–Trinajstić information content (AvgIpc) is 2.70. The number of aldehydes is 1. The molecule has 5 nitrogen and oxygen atoms in total. The van der Waals surface area contributed by atoms with Crippen LogP contribution in [0.4, 0.5) is 5.69 Å². The first-order chi connectivity index (χ1) is 8.61. The molecule has 0 spiro atoms. The number of amides is 1. The predicted molar refractivity (Wildman–Crippen MR) is 67.7 cm³/mol. The average molecular weight is 243 g/mol. The van der Waals surface area contributed by atoms with E-state index in [1.54, 1.807) is 36.0 Å². The van der Waals surface area contributed by atoms with Gasteiger partial charge in [-0.2, -0.15) is 5.10 Å². The molecule has 5 heteroatoms. The maximum Gasteiger partial charge on any atom is 0.259 e. The van der Waals surface area contributed by atoms with Crippen LogP contribution in [0.1, 0.15) is 26.4 Å². The van der Waals surface area contributed by atoms with Crippen molar-refractivity contribution in [3.8, 4) is 0 Å². The molecule has 0 bridgehead atoms. The summed E-state index contributed by atoms with van der Waals surface area (Å²) in [6.07, 6.45) is 2.26. The molecule has 0 aliphatic carbocycles. The Morgan fingerprint density at radius 3 is 2.83 bits per heavy atom. The minimum Gasteiger partial charge on any atom is -0.322 e. The van der Waals surface area contributed by atoms with E-state index in [1.807, 2.05) is 6.92 Å². The van der Waals surface area contributed by atoms with Crippen molar-refractivity contribution in [2.24, 2.45) is 7.05 Å². The molecule has 0 saturated carbocycles. The Hall–Kier alpha value is -2.43. The zero-order valence-electron chi connectivity index (χ0n) is 10.2. The fourth-order valence-electron chi connectivity index (χ4n) is 1.61. The largest absolute Gasteiger partial charge is 0.322 e. The number of benzene rings is 1. The highest BCUT2D eigenvalue weighted by Crippen LogP contribution is 2.12. The van der Waals surface area contributed by atoms with Gasteiger partial charge in [0.25, 0.3) is 5.91 Å². The van der Waals surface area contributed by atoms with Crippen LogP contribution >= 0.6 is 0 Å². The molecule has 0 unspecified atom stereocenters. The van der Waals surface area contributed by atoms with E-state index >= 15 is 0 Å². The summed E-state index contributed by atoms with van der Waals surface area (Å²) in [6, 6.07) is 6.75. The second-order valence-electron chi connectivity index (χ2n) is 3.96. The summed E-state index contributed by atoms with van der Waals surface area (Å²) in [5, 5.41) is 6.75. The molecular weight excluding hydrogens is 230 g/mol. The van der Waals surface area contributed by atoms with E-state index in [2.05, 4.69) is 10.4 Å². The molecule has 0 radical (unpaired) electrons.